The van der Waals surface area contributed by atoms with E-state index in [9.17, 15) is 24.7 Å². The van der Waals surface area contributed by atoms with Crippen LogP contribution in [0.1, 0.15) is 12.5 Å². The van der Waals surface area contributed by atoms with Crippen molar-refractivity contribution < 1.29 is 42.7 Å². The van der Waals surface area contributed by atoms with Crippen LogP contribution in [0, 0.1) is 0 Å². The number of nitrogens with zero attached hydrogens (tertiary/aromatic N) is 6. The Labute approximate surface area is 270 Å². The Kier molecular flexibility index (Phi) is 8.13. The third kappa shape index (κ3) is 5.71. The summed E-state index contributed by atoms with van der Waals surface area (Å²) in [5, 5.41) is 22.6. The number of H-pyrrole nitrogens is 2. The van der Waals surface area contributed by atoms with Crippen LogP contribution in [-0.2, 0) is 51.2 Å². The van der Waals surface area contributed by atoms with E-state index in [4.69, 9.17) is 62.6 Å². The molecule has 4 aromatic rings. The van der Waals surface area contributed by atoms with Gasteiger partial charge in [0.05, 0.1) is 25.9 Å². The van der Waals surface area contributed by atoms with Crippen molar-refractivity contribution in [3.8, 4) is 0 Å². The molecule has 0 bridgehead atoms. The molecule has 0 saturated carbocycles. The van der Waals surface area contributed by atoms with Crippen molar-refractivity contribution in [2.75, 3.05) is 24.7 Å². The minimum atomic E-state index is -4.17. The number of nitrogen functional groups attached to an aromatic ring is 2. The van der Waals surface area contributed by atoms with Gasteiger partial charge in [0.25, 0.3) is 11.1 Å². The molecular weight excluding hydrogens is 714 g/mol. The third-order valence-electron chi connectivity index (χ3n) is 7.38. The Morgan fingerprint density at radius 1 is 0.848 bits per heavy atom. The molecule has 0 aliphatic carbocycles. The molecule has 248 valence electrons. The van der Waals surface area contributed by atoms with Crippen LogP contribution < -0.4 is 22.6 Å². The summed E-state index contributed by atoms with van der Waals surface area (Å²) in [7, 11) is 0. The third-order valence-corrected chi connectivity index (χ3v) is 11.1. The summed E-state index contributed by atoms with van der Waals surface area (Å²) in [6, 6.07) is 0. The van der Waals surface area contributed by atoms with Crippen LogP contribution in [0.2, 0.25) is 0 Å². The van der Waals surface area contributed by atoms with Gasteiger partial charge in [-0.1, -0.05) is 12.2 Å². The lowest BCUT2D eigenvalue weighted by molar-refractivity contribution is -0.0561. The molecule has 21 nitrogen and oxygen atoms in total. The highest BCUT2D eigenvalue weighted by Gasteiger charge is 2.52. The quantitative estimate of drug-likeness (QED) is 0.0825. The van der Waals surface area contributed by atoms with Gasteiger partial charge in [0.1, 0.15) is 36.6 Å². The highest BCUT2D eigenvalue weighted by atomic mass is 32.9. The number of hydrogen-bond donors (Lipinski definition) is 8. The topological polar surface area (TPSA) is 295 Å². The molecule has 46 heavy (non-hydrogen) atoms. The number of thiol groups is 1. The molecule has 4 aromatic heterocycles. The average molecular weight is 739 g/mol. The Bertz CT molecular complexity index is 1910. The molecule has 0 aromatic carbocycles. The van der Waals surface area contributed by atoms with Gasteiger partial charge in [-0.3, -0.25) is 33.2 Å². The number of aromatic nitrogens is 8. The zero-order chi connectivity index (χ0) is 32.7. The lowest BCUT2D eigenvalue weighted by atomic mass is 10.1. The van der Waals surface area contributed by atoms with Crippen LogP contribution in [0.3, 0.4) is 0 Å². The predicted molar refractivity (Wildman–Crippen MR) is 166 cm³/mol. The fourth-order valence-electron chi connectivity index (χ4n) is 5.39. The molecule has 26 heteroatoms. The van der Waals surface area contributed by atoms with E-state index < -0.39 is 85.8 Å². The second-order valence-electron chi connectivity index (χ2n) is 10.3. The van der Waals surface area contributed by atoms with Gasteiger partial charge in [-0.25, -0.2) is 9.97 Å². The Hall–Kier alpha value is -2.41. The van der Waals surface area contributed by atoms with Crippen molar-refractivity contribution in [1.82, 2.24) is 39.0 Å². The monoisotopic (exact) mass is 738 g/mol. The standard InChI is InChI=1S/C20H24N10O11P2S3/c21-19-25-13-7(15(33)27-19)23-3-29(13)17-9(31)11-6(39-17)2-37-43(45,46)41-12-5(1-36-42(35,44)40-11)38-18(10(12)32)30-4-24-8-14(30)26-20(22)28-16(8)34/h3-6,9-12,17-18,31-32H,1-2H2,(H,35,44)(H,45,46)(H3,21,25,27,33)(H3,22,26,28,34)/t5-,6-,9?,10+,11+,12?,17-,18-,42?/m1/s1. The van der Waals surface area contributed by atoms with Gasteiger partial charge in [0.2, 0.25) is 17.6 Å². The molecular formula is C20H24N10O11P2S3. The lowest BCUT2D eigenvalue weighted by Crippen LogP contribution is -2.38. The van der Waals surface area contributed by atoms with Gasteiger partial charge in [-0.05, 0) is 23.6 Å². The molecule has 0 radical (unpaired) electrons. The number of aliphatic hydroxyl groups is 2. The zero-order valence-corrected chi connectivity index (χ0v) is 27.1. The largest absolute Gasteiger partial charge is 0.386 e. The van der Waals surface area contributed by atoms with E-state index in [2.05, 4.69) is 42.2 Å². The van der Waals surface area contributed by atoms with E-state index in [1.807, 2.05) is 0 Å². The number of aromatic amines is 2. The van der Waals surface area contributed by atoms with Crippen molar-refractivity contribution >= 4 is 82.5 Å². The fraction of sp³-hybridized carbons (Fsp3) is 0.500. The number of aliphatic hydroxyl groups excluding tert-OH is 2. The molecule has 7 rings (SSSR count). The van der Waals surface area contributed by atoms with E-state index in [1.165, 1.54) is 21.8 Å². The first-order valence-corrected chi connectivity index (χ1v) is 19.5. The minimum Gasteiger partial charge on any atom is -0.386 e. The van der Waals surface area contributed by atoms with Crippen LogP contribution in [0.15, 0.2) is 22.2 Å². The number of imidazole rings is 2. The normalized spacial score (nSPS) is 37.1. The van der Waals surface area contributed by atoms with Crippen LogP contribution in [0.5, 0.6) is 0 Å². The summed E-state index contributed by atoms with van der Waals surface area (Å²) in [6.07, 6.45) is -7.99. The first-order valence-electron chi connectivity index (χ1n) is 13.1. The molecule has 7 heterocycles. The van der Waals surface area contributed by atoms with Gasteiger partial charge in [-0.2, -0.15) is 9.97 Å². The van der Waals surface area contributed by atoms with Gasteiger partial charge < -0.3 is 49.6 Å². The first-order chi connectivity index (χ1) is 21.7. The van der Waals surface area contributed by atoms with Crippen molar-refractivity contribution in [1.29, 1.82) is 0 Å². The molecule has 9 N–H and O–H groups in total. The fourth-order valence-corrected chi connectivity index (χ4v) is 8.81. The summed E-state index contributed by atoms with van der Waals surface area (Å²) in [5.41, 5.74) is 6.55. The van der Waals surface area contributed by atoms with Crippen LogP contribution in [0.25, 0.3) is 22.3 Å². The Morgan fingerprint density at radius 2 is 1.30 bits per heavy atom. The summed E-state index contributed by atoms with van der Waals surface area (Å²) < 4.78 is 37.7. The molecule has 3 saturated heterocycles. The summed E-state index contributed by atoms with van der Waals surface area (Å²) >= 11 is 15.2. The number of nitrogens with two attached hydrogens (primary N) is 2. The Morgan fingerprint density at radius 3 is 1.80 bits per heavy atom. The number of fused-ring (bicyclic) bond motifs is 4. The summed E-state index contributed by atoms with van der Waals surface area (Å²) in [6.45, 7) is -5.06. The molecule has 3 aliphatic rings. The van der Waals surface area contributed by atoms with Gasteiger partial charge in [-0.15, -0.1) is 0 Å². The Balaban J connectivity index is 1.18. The highest BCUT2D eigenvalue weighted by Crippen LogP contribution is 2.58. The van der Waals surface area contributed by atoms with Crippen molar-refractivity contribution in [2.45, 2.75) is 49.1 Å². The minimum absolute atomic E-state index is 0.00698. The van der Waals surface area contributed by atoms with E-state index in [1.54, 1.807) is 0 Å². The molecule has 3 fully saturated rings. The second kappa shape index (κ2) is 11.6. The maximum absolute atomic E-state index is 12.3. The van der Waals surface area contributed by atoms with E-state index >= 15 is 0 Å². The smallest absolute Gasteiger partial charge is 0.325 e. The van der Waals surface area contributed by atoms with Crippen LogP contribution in [0.4, 0.5) is 11.9 Å². The molecule has 4 unspecified atom stereocenters. The number of rotatable bonds is 2. The zero-order valence-electron chi connectivity index (χ0n) is 22.8. The highest BCUT2D eigenvalue weighted by molar-refractivity contribution is 8.60. The molecule has 10 atom stereocenters. The SMILES string of the molecule is Nc1nc2c(ncn2[C@@H]2O[C@@H]3COP(=S)(S)OC4[C@@H](COP(O)(=S)O[C@@H]3C2O)O[C@@H](n2cnc3c(=O)[nH]c(N)nc32)[C@H]4O)c(=O)[nH]1. The van der Waals surface area contributed by atoms with Crippen molar-refractivity contribution in [3.05, 3.63) is 33.4 Å². The van der Waals surface area contributed by atoms with Crippen molar-refractivity contribution in [2.24, 2.45) is 0 Å². The average Bonchev–Trinajstić information content (AvgIpc) is 3.72. The second-order valence-corrected chi connectivity index (χ2v) is 18.4. The van der Waals surface area contributed by atoms with Crippen molar-refractivity contribution in [3.63, 3.8) is 0 Å². The summed E-state index contributed by atoms with van der Waals surface area (Å²) in [5.74, 6) is -0.389. The molecule has 0 spiro atoms. The number of anilines is 2. The van der Waals surface area contributed by atoms with Gasteiger partial charge >= 0.3 is 6.72 Å². The van der Waals surface area contributed by atoms with Crippen LogP contribution in [-0.4, -0.2) is 104 Å². The number of hydrogen-bond acceptors (Lipinski definition) is 18. The maximum atomic E-state index is 12.3. The lowest BCUT2D eigenvalue weighted by Gasteiger charge is -2.30. The van der Waals surface area contributed by atoms with Crippen LogP contribution >= 0.6 is 24.7 Å². The van der Waals surface area contributed by atoms with E-state index in [0.29, 0.717) is 0 Å². The first kappa shape index (κ1) is 32.2. The van der Waals surface area contributed by atoms with Gasteiger partial charge in [0, 0.05) is 0 Å². The molecule has 3 aliphatic heterocycles. The number of nitrogens with one attached hydrogen (secondary N) is 2. The predicted octanol–water partition coefficient (Wildman–Crippen LogP) is -1.88. The van der Waals surface area contributed by atoms with E-state index in [0.717, 1.165) is 0 Å². The van der Waals surface area contributed by atoms with Gasteiger partial charge in [0.15, 0.2) is 34.8 Å². The molecule has 0 amide bonds. The number of ether oxygens (including phenoxy) is 2. The van der Waals surface area contributed by atoms with E-state index in [-0.39, 0.29) is 34.2 Å². The maximum Gasteiger partial charge on any atom is 0.325 e. The summed E-state index contributed by atoms with van der Waals surface area (Å²) in [4.78, 5) is 56.5.